The molecule has 1 unspecified atom stereocenters. The molecule has 2 aromatic rings. The minimum atomic E-state index is -1.20. The van der Waals surface area contributed by atoms with Crippen LogP contribution in [0.1, 0.15) is 17.4 Å². The zero-order valence-electron chi connectivity index (χ0n) is 11.4. The third kappa shape index (κ3) is 2.84. The average molecular weight is 291 g/mol. The average Bonchev–Trinajstić information content (AvgIpc) is 2.97. The van der Waals surface area contributed by atoms with Crippen molar-refractivity contribution in [3.05, 3.63) is 52.2 Å². The fourth-order valence-electron chi connectivity index (χ4n) is 2.02. The maximum atomic E-state index is 11.7. The van der Waals surface area contributed by atoms with Gasteiger partial charge in [0.15, 0.2) is 0 Å². The number of hydrogen-bond acceptors (Lipinski definition) is 4. The molecule has 1 atom stereocenters. The number of rotatable bonds is 6. The van der Waals surface area contributed by atoms with Gasteiger partial charge in [0.05, 0.1) is 7.11 Å². The van der Waals surface area contributed by atoms with Gasteiger partial charge in [-0.25, -0.2) is 4.79 Å². The van der Waals surface area contributed by atoms with Crippen LogP contribution in [0.3, 0.4) is 0 Å². The molecule has 0 amide bonds. The number of aliphatic carboxylic acids is 1. The maximum Gasteiger partial charge on any atom is 0.328 e. The molecule has 4 nitrogen and oxygen atoms in total. The van der Waals surface area contributed by atoms with Gasteiger partial charge in [-0.2, -0.15) is 0 Å². The van der Waals surface area contributed by atoms with Gasteiger partial charge in [0.25, 0.3) is 0 Å². The van der Waals surface area contributed by atoms with Gasteiger partial charge in [-0.05, 0) is 24.4 Å². The highest BCUT2D eigenvalue weighted by Crippen LogP contribution is 2.30. The molecule has 0 saturated heterocycles. The Labute approximate surface area is 122 Å². The molecule has 1 aromatic heterocycles. The van der Waals surface area contributed by atoms with Gasteiger partial charge in [0.1, 0.15) is 11.3 Å². The number of benzene rings is 1. The lowest BCUT2D eigenvalue weighted by Gasteiger charge is -2.28. The van der Waals surface area contributed by atoms with Crippen molar-refractivity contribution in [2.75, 3.05) is 7.11 Å². The minimum Gasteiger partial charge on any atom is -0.496 e. The van der Waals surface area contributed by atoms with Crippen molar-refractivity contribution in [3.8, 4) is 5.75 Å². The highest BCUT2D eigenvalue weighted by molar-refractivity contribution is 7.09. The molecule has 2 rings (SSSR count). The summed E-state index contributed by atoms with van der Waals surface area (Å²) >= 11 is 1.59. The van der Waals surface area contributed by atoms with E-state index in [1.165, 1.54) is 0 Å². The first-order chi connectivity index (χ1) is 9.58. The largest absolute Gasteiger partial charge is 0.496 e. The molecule has 0 spiro atoms. The Morgan fingerprint density at radius 1 is 1.35 bits per heavy atom. The lowest BCUT2D eigenvalue weighted by molar-refractivity contribution is -0.144. The first-order valence-corrected chi connectivity index (χ1v) is 7.10. The second kappa shape index (κ2) is 6.07. The van der Waals surface area contributed by atoms with E-state index < -0.39 is 11.5 Å². The lowest BCUT2D eigenvalue weighted by Crippen LogP contribution is -2.46. The number of carboxylic acid groups (broad SMARTS) is 1. The van der Waals surface area contributed by atoms with Crippen molar-refractivity contribution in [1.82, 2.24) is 5.32 Å². The number of hydrogen-bond donors (Lipinski definition) is 2. The van der Waals surface area contributed by atoms with E-state index in [4.69, 9.17) is 4.74 Å². The molecule has 0 bridgehead atoms. The van der Waals surface area contributed by atoms with Gasteiger partial charge >= 0.3 is 5.97 Å². The smallest absolute Gasteiger partial charge is 0.328 e. The Balaban J connectivity index is 2.31. The Bertz CT molecular complexity index is 583. The minimum absolute atomic E-state index is 0.499. The molecule has 5 heteroatoms. The molecule has 0 saturated carbocycles. The Hall–Kier alpha value is -1.85. The molecule has 1 aromatic carbocycles. The monoisotopic (exact) mass is 291 g/mol. The summed E-state index contributed by atoms with van der Waals surface area (Å²) < 4.78 is 5.28. The molecule has 106 valence electrons. The van der Waals surface area contributed by atoms with Crippen molar-refractivity contribution in [1.29, 1.82) is 0 Å². The summed E-state index contributed by atoms with van der Waals surface area (Å²) in [6.07, 6.45) is 0. The fourth-order valence-corrected chi connectivity index (χ4v) is 2.67. The van der Waals surface area contributed by atoms with Gasteiger partial charge in [0.2, 0.25) is 0 Å². The van der Waals surface area contributed by atoms with Crippen molar-refractivity contribution in [2.45, 2.75) is 19.0 Å². The number of nitrogens with one attached hydrogen (secondary N) is 1. The zero-order valence-corrected chi connectivity index (χ0v) is 12.2. The van der Waals surface area contributed by atoms with Gasteiger partial charge in [-0.3, -0.25) is 5.32 Å². The molecule has 0 radical (unpaired) electrons. The SMILES string of the molecule is COc1ccccc1C(C)(NCc1cccs1)C(=O)O. The summed E-state index contributed by atoms with van der Waals surface area (Å²) in [6, 6.07) is 11.1. The van der Waals surface area contributed by atoms with Gasteiger partial charge < -0.3 is 9.84 Å². The Kier molecular flexibility index (Phi) is 4.42. The van der Waals surface area contributed by atoms with Crippen LogP contribution in [-0.2, 0) is 16.9 Å². The molecule has 1 heterocycles. The topological polar surface area (TPSA) is 58.6 Å². The number of thiophene rings is 1. The van der Waals surface area contributed by atoms with Crippen molar-refractivity contribution in [2.24, 2.45) is 0 Å². The van der Waals surface area contributed by atoms with Crippen molar-refractivity contribution in [3.63, 3.8) is 0 Å². The van der Waals surface area contributed by atoms with E-state index in [2.05, 4.69) is 5.32 Å². The van der Waals surface area contributed by atoms with Gasteiger partial charge in [0, 0.05) is 17.0 Å². The van der Waals surface area contributed by atoms with Crippen LogP contribution in [0.25, 0.3) is 0 Å². The van der Waals surface area contributed by atoms with E-state index in [-0.39, 0.29) is 0 Å². The second-order valence-corrected chi connectivity index (χ2v) is 5.60. The molecule has 0 aliphatic heterocycles. The molecular formula is C15H17NO3S. The van der Waals surface area contributed by atoms with Gasteiger partial charge in [-0.15, -0.1) is 11.3 Å². The lowest BCUT2D eigenvalue weighted by atomic mass is 9.91. The third-order valence-electron chi connectivity index (χ3n) is 3.27. The molecular weight excluding hydrogens is 274 g/mol. The van der Waals surface area contributed by atoms with Crippen LogP contribution in [0, 0.1) is 0 Å². The van der Waals surface area contributed by atoms with Crippen LogP contribution in [0.2, 0.25) is 0 Å². The summed E-state index contributed by atoms with van der Waals surface area (Å²) in [5.74, 6) is -0.366. The standard InChI is InChI=1S/C15H17NO3S/c1-15(14(17)18,16-10-11-6-5-9-20-11)12-7-3-4-8-13(12)19-2/h3-9,16H,10H2,1-2H3,(H,17,18). The first-order valence-electron chi connectivity index (χ1n) is 6.22. The molecule has 2 N–H and O–H groups in total. The van der Waals surface area contributed by atoms with E-state index in [0.29, 0.717) is 17.9 Å². The zero-order chi connectivity index (χ0) is 14.6. The van der Waals surface area contributed by atoms with E-state index in [1.807, 2.05) is 29.6 Å². The summed E-state index contributed by atoms with van der Waals surface area (Å²) in [5, 5.41) is 14.7. The number of carboxylic acids is 1. The fraction of sp³-hybridized carbons (Fsp3) is 0.267. The van der Waals surface area contributed by atoms with Gasteiger partial charge in [-0.1, -0.05) is 24.3 Å². The van der Waals surface area contributed by atoms with E-state index in [0.717, 1.165) is 4.88 Å². The maximum absolute atomic E-state index is 11.7. The summed E-state index contributed by atoms with van der Waals surface area (Å²) in [6.45, 7) is 2.15. The molecule has 0 aliphatic rings. The first kappa shape index (κ1) is 14.6. The van der Waals surface area contributed by atoms with Crippen LogP contribution in [-0.4, -0.2) is 18.2 Å². The number of carbonyl (C=O) groups is 1. The summed E-state index contributed by atoms with van der Waals surface area (Å²) in [5.41, 5.74) is -0.581. The summed E-state index contributed by atoms with van der Waals surface area (Å²) in [4.78, 5) is 12.8. The van der Waals surface area contributed by atoms with E-state index in [1.54, 1.807) is 37.5 Å². The van der Waals surface area contributed by atoms with E-state index in [9.17, 15) is 9.90 Å². The van der Waals surface area contributed by atoms with Crippen LogP contribution < -0.4 is 10.1 Å². The normalized spacial score (nSPS) is 13.7. The number of ether oxygens (including phenoxy) is 1. The van der Waals surface area contributed by atoms with E-state index >= 15 is 0 Å². The predicted molar refractivity (Wildman–Crippen MR) is 79.1 cm³/mol. The Morgan fingerprint density at radius 3 is 2.70 bits per heavy atom. The Morgan fingerprint density at radius 2 is 2.10 bits per heavy atom. The summed E-state index contributed by atoms with van der Waals surface area (Å²) in [7, 11) is 1.54. The van der Waals surface area contributed by atoms with Crippen LogP contribution in [0.15, 0.2) is 41.8 Å². The van der Waals surface area contributed by atoms with Crippen LogP contribution in [0.5, 0.6) is 5.75 Å². The third-order valence-corrected chi connectivity index (χ3v) is 4.15. The molecule has 0 fully saturated rings. The van der Waals surface area contributed by atoms with Crippen LogP contribution >= 0.6 is 11.3 Å². The molecule has 20 heavy (non-hydrogen) atoms. The second-order valence-electron chi connectivity index (χ2n) is 4.56. The number of methoxy groups -OCH3 is 1. The number of para-hydroxylation sites is 1. The molecule has 0 aliphatic carbocycles. The van der Waals surface area contributed by atoms with Crippen molar-refractivity contribution < 1.29 is 14.6 Å². The quantitative estimate of drug-likeness (QED) is 0.859. The highest BCUT2D eigenvalue weighted by atomic mass is 32.1. The highest BCUT2D eigenvalue weighted by Gasteiger charge is 2.37. The predicted octanol–water partition coefficient (Wildman–Crippen LogP) is 2.85. The van der Waals surface area contributed by atoms with Crippen LogP contribution in [0.4, 0.5) is 0 Å². The van der Waals surface area contributed by atoms with Crippen molar-refractivity contribution >= 4 is 17.3 Å².